The van der Waals surface area contributed by atoms with Gasteiger partial charge in [-0.15, -0.1) is 0 Å². The van der Waals surface area contributed by atoms with Crippen LogP contribution in [0.5, 0.6) is 0 Å². The average molecular weight is 375 g/mol. The molecule has 3 rings (SSSR count). The number of carbonyl (C=O) groups excluding carboxylic acids is 1. The van der Waals surface area contributed by atoms with Crippen LogP contribution in [0.1, 0.15) is 29.2 Å². The highest BCUT2D eigenvalue weighted by Crippen LogP contribution is 2.27. The van der Waals surface area contributed by atoms with Crippen molar-refractivity contribution in [2.45, 2.75) is 32.2 Å². The summed E-state index contributed by atoms with van der Waals surface area (Å²) in [6.45, 7) is 6.10. The Morgan fingerprint density at radius 3 is 2.74 bits per heavy atom. The number of thioether (sulfide) groups is 1. The number of carbonyl (C=O) groups is 1. The first kappa shape index (κ1) is 18.9. The van der Waals surface area contributed by atoms with Crippen LogP contribution < -0.4 is 5.32 Å². The number of anilines is 1. The number of nitriles is 1. The van der Waals surface area contributed by atoms with Gasteiger partial charge in [0.05, 0.1) is 16.8 Å². The van der Waals surface area contributed by atoms with Gasteiger partial charge in [-0.25, -0.2) is 4.98 Å². The molecule has 136 valence electrons. The predicted octanol–water partition coefficient (Wildman–Crippen LogP) is 5.02. The van der Waals surface area contributed by atoms with Gasteiger partial charge in [0.15, 0.2) is 0 Å². The molecule has 1 aromatic heterocycles. The van der Waals surface area contributed by atoms with Gasteiger partial charge in [0.2, 0.25) is 5.91 Å². The van der Waals surface area contributed by atoms with Crippen LogP contribution in [0, 0.1) is 25.2 Å². The molecule has 0 bridgehead atoms. The van der Waals surface area contributed by atoms with E-state index in [1.807, 2.05) is 50.2 Å². The minimum absolute atomic E-state index is 0.105. The molecule has 1 N–H and O–H groups in total. The fraction of sp³-hybridized carbons (Fsp3) is 0.227. The predicted molar refractivity (Wildman–Crippen MR) is 111 cm³/mol. The fourth-order valence-electron chi connectivity index (χ4n) is 3.07. The number of pyridine rings is 1. The van der Waals surface area contributed by atoms with Crippen molar-refractivity contribution in [3.8, 4) is 6.07 Å². The number of rotatable bonds is 5. The van der Waals surface area contributed by atoms with Crippen molar-refractivity contribution < 1.29 is 4.79 Å². The summed E-state index contributed by atoms with van der Waals surface area (Å²) in [6, 6.07) is 15.9. The number of para-hydroxylation sites is 1. The van der Waals surface area contributed by atoms with E-state index in [0.717, 1.165) is 39.7 Å². The number of aromatic nitrogens is 1. The van der Waals surface area contributed by atoms with Gasteiger partial charge in [-0.3, -0.25) is 4.79 Å². The lowest BCUT2D eigenvalue weighted by Crippen LogP contribution is -2.15. The molecule has 1 heterocycles. The van der Waals surface area contributed by atoms with Crippen molar-refractivity contribution in [3.05, 3.63) is 64.7 Å². The van der Waals surface area contributed by atoms with Crippen LogP contribution in [0.2, 0.25) is 0 Å². The largest absolute Gasteiger partial charge is 0.325 e. The number of benzene rings is 2. The van der Waals surface area contributed by atoms with Crippen LogP contribution >= 0.6 is 11.8 Å². The summed E-state index contributed by atoms with van der Waals surface area (Å²) in [5, 5.41) is 14.0. The minimum Gasteiger partial charge on any atom is -0.325 e. The maximum Gasteiger partial charge on any atom is 0.234 e. The number of hydrogen-bond acceptors (Lipinski definition) is 4. The first-order valence-corrected chi connectivity index (χ1v) is 9.83. The molecule has 2 aromatic carbocycles. The van der Waals surface area contributed by atoms with E-state index in [1.54, 1.807) is 0 Å². The minimum atomic E-state index is -0.105. The van der Waals surface area contributed by atoms with E-state index in [9.17, 15) is 10.1 Å². The third-order valence-electron chi connectivity index (χ3n) is 4.38. The summed E-state index contributed by atoms with van der Waals surface area (Å²) in [5.74, 6) is 0.0999. The van der Waals surface area contributed by atoms with E-state index in [4.69, 9.17) is 0 Å². The molecule has 5 heteroatoms. The zero-order valence-corrected chi connectivity index (χ0v) is 16.5. The maximum atomic E-state index is 12.4. The smallest absolute Gasteiger partial charge is 0.234 e. The number of nitrogens with zero attached hydrogens (tertiary/aromatic N) is 2. The van der Waals surface area contributed by atoms with Gasteiger partial charge in [-0.05, 0) is 55.2 Å². The Labute approximate surface area is 163 Å². The zero-order valence-electron chi connectivity index (χ0n) is 15.7. The van der Waals surface area contributed by atoms with Crippen LogP contribution in [0.3, 0.4) is 0 Å². The van der Waals surface area contributed by atoms with E-state index in [-0.39, 0.29) is 11.7 Å². The van der Waals surface area contributed by atoms with Crippen LogP contribution in [-0.4, -0.2) is 16.6 Å². The molecule has 0 spiro atoms. The molecule has 0 saturated heterocycles. The standard InChI is InChI=1S/C22H21N3OS/c1-4-16-7-5-6-8-19(16)24-21(26)13-27-22-17(12-23)11-18-15(3)9-14(2)10-20(18)25-22/h5-11H,4,13H2,1-3H3,(H,24,26). The van der Waals surface area contributed by atoms with Gasteiger partial charge in [-0.1, -0.05) is 43.0 Å². The highest BCUT2D eigenvalue weighted by molar-refractivity contribution is 8.00. The number of hydrogen-bond donors (Lipinski definition) is 1. The number of amides is 1. The van der Waals surface area contributed by atoms with Crippen molar-refractivity contribution >= 4 is 34.3 Å². The second-order valence-electron chi connectivity index (χ2n) is 6.45. The van der Waals surface area contributed by atoms with Crippen LogP contribution in [0.25, 0.3) is 10.9 Å². The third-order valence-corrected chi connectivity index (χ3v) is 5.37. The molecule has 0 radical (unpaired) electrons. The number of nitrogens with one attached hydrogen (secondary N) is 1. The van der Waals surface area contributed by atoms with Crippen LogP contribution in [0.4, 0.5) is 5.69 Å². The first-order chi connectivity index (χ1) is 13.0. The van der Waals surface area contributed by atoms with Gasteiger partial charge in [0, 0.05) is 11.1 Å². The SMILES string of the molecule is CCc1ccccc1NC(=O)CSc1nc2cc(C)cc(C)c2cc1C#N. The zero-order chi connectivity index (χ0) is 19.4. The molecular weight excluding hydrogens is 354 g/mol. The van der Waals surface area contributed by atoms with Gasteiger partial charge in [0.25, 0.3) is 0 Å². The molecule has 1 amide bonds. The summed E-state index contributed by atoms with van der Waals surface area (Å²) in [7, 11) is 0. The Morgan fingerprint density at radius 2 is 2.00 bits per heavy atom. The average Bonchev–Trinajstić information content (AvgIpc) is 2.66. The van der Waals surface area contributed by atoms with Gasteiger partial charge >= 0.3 is 0 Å². The van der Waals surface area contributed by atoms with Gasteiger partial charge in [0.1, 0.15) is 11.1 Å². The highest BCUT2D eigenvalue weighted by Gasteiger charge is 2.12. The third kappa shape index (κ3) is 4.29. The normalized spacial score (nSPS) is 10.6. The summed E-state index contributed by atoms with van der Waals surface area (Å²) < 4.78 is 0. The topological polar surface area (TPSA) is 65.8 Å². The molecule has 27 heavy (non-hydrogen) atoms. The van der Waals surface area contributed by atoms with Crippen molar-refractivity contribution in [2.75, 3.05) is 11.1 Å². The highest BCUT2D eigenvalue weighted by atomic mass is 32.2. The lowest BCUT2D eigenvalue weighted by atomic mass is 10.1. The molecule has 0 atom stereocenters. The molecule has 0 unspecified atom stereocenters. The Kier molecular flexibility index (Phi) is 5.78. The maximum absolute atomic E-state index is 12.4. The Balaban J connectivity index is 1.80. The molecule has 0 aliphatic rings. The van der Waals surface area contributed by atoms with E-state index in [2.05, 4.69) is 29.4 Å². The van der Waals surface area contributed by atoms with E-state index in [0.29, 0.717) is 10.6 Å². The molecule has 0 aliphatic heterocycles. The Hall–Kier alpha value is -2.84. The van der Waals surface area contributed by atoms with Crippen molar-refractivity contribution in [1.29, 1.82) is 5.26 Å². The fourth-order valence-corrected chi connectivity index (χ4v) is 3.84. The van der Waals surface area contributed by atoms with Crippen LogP contribution in [0.15, 0.2) is 47.5 Å². The monoisotopic (exact) mass is 375 g/mol. The Bertz CT molecular complexity index is 1050. The second-order valence-corrected chi connectivity index (χ2v) is 7.41. The van der Waals surface area contributed by atoms with Gasteiger partial charge < -0.3 is 5.32 Å². The summed E-state index contributed by atoms with van der Waals surface area (Å²) >= 11 is 1.29. The van der Waals surface area contributed by atoms with Crippen LogP contribution in [-0.2, 0) is 11.2 Å². The lowest BCUT2D eigenvalue weighted by Gasteiger charge is -2.10. The second kappa shape index (κ2) is 8.24. The molecule has 0 fully saturated rings. The van der Waals surface area contributed by atoms with Gasteiger partial charge in [-0.2, -0.15) is 5.26 Å². The molecule has 0 saturated carbocycles. The van der Waals surface area contributed by atoms with Crippen molar-refractivity contribution in [1.82, 2.24) is 4.98 Å². The van der Waals surface area contributed by atoms with E-state index in [1.165, 1.54) is 11.8 Å². The summed E-state index contributed by atoms with van der Waals surface area (Å²) in [6.07, 6.45) is 0.854. The number of aryl methyl sites for hydroxylation is 3. The van der Waals surface area contributed by atoms with E-state index < -0.39 is 0 Å². The molecule has 3 aromatic rings. The van der Waals surface area contributed by atoms with Crippen molar-refractivity contribution in [3.63, 3.8) is 0 Å². The summed E-state index contributed by atoms with van der Waals surface area (Å²) in [5.41, 5.74) is 5.51. The first-order valence-electron chi connectivity index (χ1n) is 8.84. The lowest BCUT2D eigenvalue weighted by molar-refractivity contribution is -0.113. The Morgan fingerprint density at radius 1 is 1.22 bits per heavy atom. The summed E-state index contributed by atoms with van der Waals surface area (Å²) in [4.78, 5) is 17.0. The van der Waals surface area contributed by atoms with Crippen molar-refractivity contribution in [2.24, 2.45) is 0 Å². The molecule has 0 aliphatic carbocycles. The number of fused-ring (bicyclic) bond motifs is 1. The molecular formula is C22H21N3OS. The quantitative estimate of drug-likeness (QED) is 0.636. The van der Waals surface area contributed by atoms with E-state index >= 15 is 0 Å². The molecule has 4 nitrogen and oxygen atoms in total.